The molecule has 1 aliphatic carbocycles. The zero-order valence-electron chi connectivity index (χ0n) is 19.2. The highest BCUT2D eigenvalue weighted by Gasteiger charge is 2.37. The van der Waals surface area contributed by atoms with Crippen molar-refractivity contribution < 1.29 is 18.0 Å². The van der Waals surface area contributed by atoms with E-state index >= 15 is 0 Å². The molecule has 35 heavy (non-hydrogen) atoms. The van der Waals surface area contributed by atoms with E-state index in [9.17, 15) is 18.0 Å². The minimum atomic E-state index is -3.85. The molecule has 4 N–H and O–H groups in total. The van der Waals surface area contributed by atoms with Crippen LogP contribution in [0.15, 0.2) is 78.0 Å². The van der Waals surface area contributed by atoms with Gasteiger partial charge in [0.1, 0.15) is 0 Å². The van der Waals surface area contributed by atoms with Crippen LogP contribution >= 0.6 is 0 Å². The molecule has 1 fully saturated rings. The molecule has 9 heteroatoms. The summed E-state index contributed by atoms with van der Waals surface area (Å²) in [6.45, 7) is 0.703. The number of rotatable bonds is 8. The number of benzene rings is 2. The van der Waals surface area contributed by atoms with Crippen LogP contribution in [0.5, 0.6) is 0 Å². The Labute approximate surface area is 205 Å². The van der Waals surface area contributed by atoms with Gasteiger partial charge >= 0.3 is 0 Å². The smallest absolute Gasteiger partial charge is 0.238 e. The number of hydrogen-bond acceptors (Lipinski definition) is 5. The third kappa shape index (κ3) is 6.12. The van der Waals surface area contributed by atoms with E-state index in [4.69, 9.17) is 5.14 Å². The fraction of sp³-hybridized carbons (Fsp3) is 0.269. The lowest BCUT2D eigenvalue weighted by atomic mass is 9.94. The Hall–Kier alpha value is -3.56. The number of pyridine rings is 1. The fourth-order valence-corrected chi connectivity index (χ4v) is 5.25. The van der Waals surface area contributed by atoms with Gasteiger partial charge in [-0.1, -0.05) is 55.0 Å². The van der Waals surface area contributed by atoms with Crippen molar-refractivity contribution in [3.05, 3.63) is 84.2 Å². The van der Waals surface area contributed by atoms with E-state index in [0.717, 1.165) is 17.5 Å². The molecule has 0 radical (unpaired) electrons. The highest BCUT2D eigenvalue weighted by Crippen LogP contribution is 2.32. The van der Waals surface area contributed by atoms with E-state index in [1.165, 1.54) is 6.07 Å². The molecule has 1 saturated carbocycles. The molecule has 1 aromatic heterocycles. The Morgan fingerprint density at radius 2 is 1.49 bits per heavy atom. The molecule has 1 aliphatic rings. The minimum Gasteiger partial charge on any atom is -0.352 e. The summed E-state index contributed by atoms with van der Waals surface area (Å²) in [4.78, 5) is 29.7. The summed E-state index contributed by atoms with van der Waals surface area (Å²) in [5.74, 6) is -0.939. The van der Waals surface area contributed by atoms with Gasteiger partial charge in [-0.15, -0.1) is 0 Å². The highest BCUT2D eigenvalue weighted by molar-refractivity contribution is 7.89. The number of sulfonamides is 1. The fourth-order valence-electron chi connectivity index (χ4n) is 4.49. The summed E-state index contributed by atoms with van der Waals surface area (Å²) in [5.41, 5.74) is 3.02. The first-order chi connectivity index (χ1) is 16.8. The molecule has 0 unspecified atom stereocenters. The standard InChI is InChI=1S/C26H28N4O4S/c27-35(33,34)24-9-2-1-6-21(24)20-12-10-18(11-13-20)16-29-25(31)22-7-3-8-23(22)26(32)30-17-19-5-4-14-28-15-19/h1-2,4-6,9-15,22-23H,3,7-8,16-17H2,(H,29,31)(H,30,32)(H2,27,33,34)/t22-,23-/m1/s1. The molecule has 2 atom stereocenters. The maximum Gasteiger partial charge on any atom is 0.238 e. The van der Waals surface area contributed by atoms with Crippen LogP contribution in [0.25, 0.3) is 11.1 Å². The Kier molecular flexibility index (Phi) is 7.57. The topological polar surface area (TPSA) is 131 Å². The van der Waals surface area contributed by atoms with Gasteiger partial charge in [0.2, 0.25) is 21.8 Å². The first-order valence-electron chi connectivity index (χ1n) is 11.5. The Morgan fingerprint density at radius 1 is 0.857 bits per heavy atom. The molecule has 2 amide bonds. The maximum atomic E-state index is 12.9. The second-order valence-corrected chi connectivity index (χ2v) is 10.2. The quantitative estimate of drug-likeness (QED) is 0.445. The van der Waals surface area contributed by atoms with Crippen LogP contribution in [0.4, 0.5) is 0 Å². The van der Waals surface area contributed by atoms with Crippen molar-refractivity contribution in [1.29, 1.82) is 0 Å². The summed E-state index contributed by atoms with van der Waals surface area (Å²) < 4.78 is 23.8. The van der Waals surface area contributed by atoms with Gasteiger partial charge in [0, 0.05) is 42.9 Å². The first kappa shape index (κ1) is 24.6. The van der Waals surface area contributed by atoms with Gasteiger partial charge in [-0.05, 0) is 41.7 Å². The van der Waals surface area contributed by atoms with Crippen molar-refractivity contribution in [2.45, 2.75) is 37.2 Å². The zero-order valence-corrected chi connectivity index (χ0v) is 20.0. The first-order valence-corrected chi connectivity index (χ1v) is 13.0. The van der Waals surface area contributed by atoms with Crippen molar-refractivity contribution >= 4 is 21.8 Å². The maximum absolute atomic E-state index is 12.9. The summed E-state index contributed by atoms with van der Waals surface area (Å²) in [6, 6.07) is 17.5. The number of carbonyl (C=O) groups is 2. The van der Waals surface area contributed by atoms with E-state index < -0.39 is 10.0 Å². The van der Waals surface area contributed by atoms with Crippen LogP contribution in [-0.2, 0) is 32.7 Å². The van der Waals surface area contributed by atoms with Gasteiger partial charge < -0.3 is 10.6 Å². The van der Waals surface area contributed by atoms with E-state index in [1.54, 1.807) is 42.7 Å². The number of nitrogens with two attached hydrogens (primary N) is 1. The van der Waals surface area contributed by atoms with Crippen molar-refractivity contribution in [2.24, 2.45) is 17.0 Å². The van der Waals surface area contributed by atoms with Crippen molar-refractivity contribution in [1.82, 2.24) is 15.6 Å². The van der Waals surface area contributed by atoms with Crippen molar-refractivity contribution in [3.63, 3.8) is 0 Å². The average molecular weight is 493 g/mol. The van der Waals surface area contributed by atoms with Crippen LogP contribution in [-0.4, -0.2) is 25.2 Å². The minimum absolute atomic E-state index is 0.0649. The monoisotopic (exact) mass is 492 g/mol. The van der Waals surface area contributed by atoms with E-state index in [2.05, 4.69) is 15.6 Å². The van der Waals surface area contributed by atoms with Crippen molar-refractivity contribution in [2.75, 3.05) is 0 Å². The normalized spacial score (nSPS) is 17.6. The lowest BCUT2D eigenvalue weighted by molar-refractivity contribution is -0.133. The van der Waals surface area contributed by atoms with Crippen LogP contribution in [0.3, 0.4) is 0 Å². The third-order valence-corrected chi connectivity index (χ3v) is 7.27. The molecule has 0 saturated heterocycles. The average Bonchev–Trinajstić information content (AvgIpc) is 3.37. The molecule has 0 bridgehead atoms. The number of carbonyl (C=O) groups excluding carboxylic acids is 2. The van der Waals surface area contributed by atoms with Gasteiger partial charge in [0.25, 0.3) is 0 Å². The molecule has 2 aromatic carbocycles. The molecule has 0 spiro atoms. The summed E-state index contributed by atoms with van der Waals surface area (Å²) >= 11 is 0. The second-order valence-electron chi connectivity index (χ2n) is 8.68. The van der Waals surface area contributed by atoms with Crippen LogP contribution in [0.2, 0.25) is 0 Å². The SMILES string of the molecule is NS(=O)(=O)c1ccccc1-c1ccc(CNC(=O)[C@@H]2CCC[C@H]2C(=O)NCc2cccnc2)cc1. The van der Waals surface area contributed by atoms with E-state index in [-0.39, 0.29) is 28.5 Å². The van der Waals surface area contributed by atoms with Crippen molar-refractivity contribution in [3.8, 4) is 11.1 Å². The second kappa shape index (κ2) is 10.8. The van der Waals surface area contributed by atoms with Gasteiger partial charge in [0.15, 0.2) is 0 Å². The lowest BCUT2D eigenvalue weighted by Gasteiger charge is -2.19. The largest absolute Gasteiger partial charge is 0.352 e. The van der Waals surface area contributed by atoms with E-state index in [1.807, 2.05) is 24.3 Å². The van der Waals surface area contributed by atoms with Gasteiger partial charge in [-0.2, -0.15) is 0 Å². The van der Waals surface area contributed by atoms with Crippen LogP contribution in [0.1, 0.15) is 30.4 Å². The predicted molar refractivity (Wildman–Crippen MR) is 132 cm³/mol. The summed E-state index contributed by atoms with van der Waals surface area (Å²) in [5, 5.41) is 11.2. The van der Waals surface area contributed by atoms with Gasteiger partial charge in [0.05, 0.1) is 4.90 Å². The number of primary sulfonamides is 1. The Morgan fingerprint density at radius 3 is 2.09 bits per heavy atom. The highest BCUT2D eigenvalue weighted by atomic mass is 32.2. The molecule has 0 aliphatic heterocycles. The van der Waals surface area contributed by atoms with Crippen LogP contribution in [0, 0.1) is 11.8 Å². The molecule has 3 aromatic rings. The molecule has 182 valence electrons. The summed E-state index contributed by atoms with van der Waals surface area (Å²) in [7, 11) is -3.85. The number of nitrogens with one attached hydrogen (secondary N) is 2. The third-order valence-electron chi connectivity index (χ3n) is 6.30. The molecule has 4 rings (SSSR count). The summed E-state index contributed by atoms with van der Waals surface area (Å²) in [6.07, 6.45) is 5.59. The van der Waals surface area contributed by atoms with Crippen LogP contribution < -0.4 is 15.8 Å². The number of amides is 2. The lowest BCUT2D eigenvalue weighted by Crippen LogP contribution is -2.39. The zero-order chi connectivity index (χ0) is 24.8. The molecule has 1 heterocycles. The number of nitrogens with zero attached hydrogens (tertiary/aromatic N) is 1. The molecular formula is C26H28N4O4S. The predicted octanol–water partition coefficient (Wildman–Crippen LogP) is 2.74. The van der Waals surface area contributed by atoms with Gasteiger partial charge in [-0.25, -0.2) is 13.6 Å². The van der Waals surface area contributed by atoms with Gasteiger partial charge in [-0.3, -0.25) is 14.6 Å². The molecule has 8 nitrogen and oxygen atoms in total. The molecular weight excluding hydrogens is 464 g/mol. The Bertz CT molecular complexity index is 1290. The Balaban J connectivity index is 1.35. The number of aromatic nitrogens is 1. The van der Waals surface area contributed by atoms with E-state index in [0.29, 0.717) is 37.1 Å². The number of hydrogen-bond donors (Lipinski definition) is 3.